The summed E-state index contributed by atoms with van der Waals surface area (Å²) in [6.45, 7) is 0.509. The molecular weight excluding hydrogens is 226 g/mol. The number of H-pyrrole nitrogens is 1. The molecule has 0 amide bonds. The van der Waals surface area contributed by atoms with Crippen LogP contribution in [-0.2, 0) is 6.42 Å². The summed E-state index contributed by atoms with van der Waals surface area (Å²) in [5.41, 5.74) is 6.62. The first kappa shape index (κ1) is 11.4. The van der Waals surface area contributed by atoms with Gasteiger partial charge in [0.2, 0.25) is 0 Å². The van der Waals surface area contributed by atoms with E-state index in [-0.39, 0.29) is 11.4 Å². The van der Waals surface area contributed by atoms with Gasteiger partial charge in [-0.15, -0.1) is 0 Å². The number of hydrogen-bond donors (Lipinski definition) is 3. The van der Waals surface area contributed by atoms with E-state index in [9.17, 15) is 8.78 Å². The van der Waals surface area contributed by atoms with Gasteiger partial charge in [-0.05, 0) is 6.07 Å². The van der Waals surface area contributed by atoms with Crippen molar-refractivity contribution >= 4 is 11.4 Å². The van der Waals surface area contributed by atoms with Gasteiger partial charge in [-0.1, -0.05) is 0 Å². The second kappa shape index (κ2) is 4.82. The monoisotopic (exact) mass is 238 g/mol. The first-order valence-electron chi connectivity index (χ1n) is 5.12. The number of anilines is 2. The standard InChI is InChI=1S/C11H12F2N4/c12-7-3-9(13)11(14)10(4-7)16-2-1-8-5-15-6-17-8/h3-6,16H,1-2,14H2,(H,15,17). The summed E-state index contributed by atoms with van der Waals surface area (Å²) in [5.74, 6) is -1.41. The van der Waals surface area contributed by atoms with Crippen LogP contribution in [0.25, 0.3) is 0 Å². The number of benzene rings is 1. The Bertz CT molecular complexity index is 496. The maximum Gasteiger partial charge on any atom is 0.151 e. The van der Waals surface area contributed by atoms with Crippen molar-refractivity contribution in [3.63, 3.8) is 0 Å². The molecule has 4 nitrogen and oxygen atoms in total. The van der Waals surface area contributed by atoms with Crippen molar-refractivity contribution in [3.05, 3.63) is 42.0 Å². The molecule has 90 valence electrons. The SMILES string of the molecule is Nc1c(F)cc(F)cc1NCCc1cnc[nH]1. The van der Waals surface area contributed by atoms with E-state index >= 15 is 0 Å². The van der Waals surface area contributed by atoms with Gasteiger partial charge in [-0.25, -0.2) is 13.8 Å². The van der Waals surface area contributed by atoms with Gasteiger partial charge >= 0.3 is 0 Å². The second-order valence-electron chi connectivity index (χ2n) is 3.60. The van der Waals surface area contributed by atoms with Crippen molar-refractivity contribution in [1.82, 2.24) is 9.97 Å². The Balaban J connectivity index is 1.99. The Morgan fingerprint density at radius 1 is 1.35 bits per heavy atom. The zero-order valence-electron chi connectivity index (χ0n) is 9.00. The first-order chi connectivity index (χ1) is 8.16. The Hall–Kier alpha value is -2.11. The van der Waals surface area contributed by atoms with E-state index in [2.05, 4.69) is 15.3 Å². The van der Waals surface area contributed by atoms with Crippen molar-refractivity contribution in [2.75, 3.05) is 17.6 Å². The van der Waals surface area contributed by atoms with Crippen molar-refractivity contribution < 1.29 is 8.78 Å². The molecule has 0 unspecified atom stereocenters. The van der Waals surface area contributed by atoms with E-state index in [0.29, 0.717) is 13.0 Å². The summed E-state index contributed by atoms with van der Waals surface area (Å²) in [6.07, 6.45) is 3.93. The molecule has 6 heteroatoms. The molecule has 0 saturated carbocycles. The highest BCUT2D eigenvalue weighted by molar-refractivity contribution is 5.66. The molecule has 0 fully saturated rings. The summed E-state index contributed by atoms with van der Waals surface area (Å²) < 4.78 is 26.1. The third-order valence-electron chi connectivity index (χ3n) is 2.36. The summed E-state index contributed by atoms with van der Waals surface area (Å²) in [4.78, 5) is 6.80. The topological polar surface area (TPSA) is 66.7 Å². The molecule has 0 aliphatic heterocycles. The molecule has 1 heterocycles. The normalized spacial score (nSPS) is 10.5. The number of aromatic amines is 1. The highest BCUT2D eigenvalue weighted by atomic mass is 19.1. The van der Waals surface area contributed by atoms with Crippen LogP contribution in [0.1, 0.15) is 5.69 Å². The molecule has 0 spiro atoms. The predicted molar refractivity (Wildman–Crippen MR) is 61.6 cm³/mol. The average Bonchev–Trinajstić information content (AvgIpc) is 2.78. The Labute approximate surface area is 96.9 Å². The molecule has 4 N–H and O–H groups in total. The van der Waals surface area contributed by atoms with E-state index in [1.165, 1.54) is 6.07 Å². The molecule has 0 radical (unpaired) electrons. The van der Waals surface area contributed by atoms with Crippen LogP contribution in [0.15, 0.2) is 24.7 Å². The Morgan fingerprint density at radius 3 is 2.88 bits per heavy atom. The average molecular weight is 238 g/mol. The zero-order valence-corrected chi connectivity index (χ0v) is 9.00. The van der Waals surface area contributed by atoms with Crippen LogP contribution in [0.2, 0.25) is 0 Å². The molecule has 1 aromatic heterocycles. The number of halogens is 2. The quantitative estimate of drug-likeness (QED) is 0.713. The molecule has 17 heavy (non-hydrogen) atoms. The van der Waals surface area contributed by atoms with Crippen LogP contribution in [-0.4, -0.2) is 16.5 Å². The van der Waals surface area contributed by atoms with Gasteiger partial charge in [0.1, 0.15) is 5.82 Å². The number of rotatable bonds is 4. The van der Waals surface area contributed by atoms with Crippen LogP contribution in [0.4, 0.5) is 20.2 Å². The van der Waals surface area contributed by atoms with Gasteiger partial charge in [-0.2, -0.15) is 0 Å². The minimum absolute atomic E-state index is 0.0731. The van der Waals surface area contributed by atoms with E-state index in [1.54, 1.807) is 12.5 Å². The summed E-state index contributed by atoms with van der Waals surface area (Å²) in [5, 5.41) is 2.88. The number of nitrogen functional groups attached to an aromatic ring is 1. The fraction of sp³-hybridized carbons (Fsp3) is 0.182. The predicted octanol–water partition coefficient (Wildman–Crippen LogP) is 1.92. The van der Waals surface area contributed by atoms with Gasteiger partial charge in [0.15, 0.2) is 5.82 Å². The lowest BCUT2D eigenvalue weighted by atomic mass is 10.2. The smallest absolute Gasteiger partial charge is 0.151 e. The number of aromatic nitrogens is 2. The van der Waals surface area contributed by atoms with Gasteiger partial charge in [-0.3, -0.25) is 0 Å². The van der Waals surface area contributed by atoms with E-state index in [0.717, 1.165) is 11.8 Å². The first-order valence-corrected chi connectivity index (χ1v) is 5.12. The van der Waals surface area contributed by atoms with Crippen LogP contribution in [0.5, 0.6) is 0 Å². The summed E-state index contributed by atoms with van der Waals surface area (Å²) >= 11 is 0. The lowest BCUT2D eigenvalue weighted by Gasteiger charge is -2.09. The van der Waals surface area contributed by atoms with Gasteiger partial charge < -0.3 is 16.0 Å². The number of nitrogens with zero attached hydrogens (tertiary/aromatic N) is 1. The molecule has 0 atom stereocenters. The molecular formula is C11H12F2N4. The molecule has 0 aliphatic carbocycles. The number of nitrogens with one attached hydrogen (secondary N) is 2. The Kier molecular flexibility index (Phi) is 3.22. The lowest BCUT2D eigenvalue weighted by molar-refractivity contribution is 0.587. The van der Waals surface area contributed by atoms with Crippen molar-refractivity contribution in [2.24, 2.45) is 0 Å². The summed E-state index contributed by atoms with van der Waals surface area (Å²) in [7, 11) is 0. The lowest BCUT2D eigenvalue weighted by Crippen LogP contribution is -2.08. The van der Waals surface area contributed by atoms with Gasteiger partial charge in [0, 0.05) is 30.9 Å². The molecule has 2 rings (SSSR count). The van der Waals surface area contributed by atoms with E-state index in [1.807, 2.05) is 0 Å². The van der Waals surface area contributed by atoms with Crippen LogP contribution in [0, 0.1) is 11.6 Å². The minimum Gasteiger partial charge on any atom is -0.395 e. The maximum absolute atomic E-state index is 13.1. The van der Waals surface area contributed by atoms with Crippen molar-refractivity contribution in [2.45, 2.75) is 6.42 Å². The number of hydrogen-bond acceptors (Lipinski definition) is 3. The maximum atomic E-state index is 13.1. The van der Waals surface area contributed by atoms with E-state index < -0.39 is 11.6 Å². The van der Waals surface area contributed by atoms with E-state index in [4.69, 9.17) is 5.73 Å². The van der Waals surface area contributed by atoms with Gasteiger partial charge in [0.25, 0.3) is 0 Å². The Morgan fingerprint density at radius 2 is 2.18 bits per heavy atom. The van der Waals surface area contributed by atoms with Crippen molar-refractivity contribution in [3.8, 4) is 0 Å². The third-order valence-corrected chi connectivity index (χ3v) is 2.36. The zero-order chi connectivity index (χ0) is 12.3. The molecule has 1 aromatic carbocycles. The highest BCUT2D eigenvalue weighted by Crippen LogP contribution is 2.23. The second-order valence-corrected chi connectivity index (χ2v) is 3.60. The fourth-order valence-electron chi connectivity index (χ4n) is 1.48. The highest BCUT2D eigenvalue weighted by Gasteiger charge is 2.07. The van der Waals surface area contributed by atoms with Crippen molar-refractivity contribution in [1.29, 1.82) is 0 Å². The number of imidazole rings is 1. The van der Waals surface area contributed by atoms with Crippen LogP contribution in [0.3, 0.4) is 0 Å². The van der Waals surface area contributed by atoms with Crippen LogP contribution < -0.4 is 11.1 Å². The van der Waals surface area contributed by atoms with Gasteiger partial charge in [0.05, 0.1) is 17.7 Å². The minimum atomic E-state index is -0.756. The molecule has 0 saturated heterocycles. The molecule has 2 aromatic rings. The molecule has 0 bridgehead atoms. The third kappa shape index (κ3) is 2.72. The number of nitrogens with two attached hydrogens (primary N) is 1. The molecule has 0 aliphatic rings. The largest absolute Gasteiger partial charge is 0.395 e. The summed E-state index contributed by atoms with van der Waals surface area (Å²) in [6, 6.07) is 1.93. The van der Waals surface area contributed by atoms with Crippen LogP contribution >= 0.6 is 0 Å². The fourth-order valence-corrected chi connectivity index (χ4v) is 1.48.